The van der Waals surface area contributed by atoms with Gasteiger partial charge in [-0.25, -0.2) is 0 Å². The molecule has 2 aliphatic carbocycles. The lowest BCUT2D eigenvalue weighted by molar-refractivity contribution is -0.152. The summed E-state index contributed by atoms with van der Waals surface area (Å²) in [5.41, 5.74) is 3.99. The second-order valence-electron chi connectivity index (χ2n) is 9.22. The van der Waals surface area contributed by atoms with Gasteiger partial charge in [-0.05, 0) is 60.3 Å². The van der Waals surface area contributed by atoms with Crippen LogP contribution < -0.4 is 0 Å². The topological polar surface area (TPSA) is 76.8 Å². The number of fused-ring (bicyclic) bond motifs is 3. The zero-order chi connectivity index (χ0) is 20.5. The Morgan fingerprint density at radius 1 is 1.07 bits per heavy atom. The largest absolute Gasteiger partial charge is 0.508 e. The maximum absolute atomic E-state index is 12.4. The number of hydrogen-bond acceptors (Lipinski definition) is 5. The summed E-state index contributed by atoms with van der Waals surface area (Å²) in [6.07, 6.45) is 2.72. The minimum Gasteiger partial charge on any atom is -0.508 e. The molecule has 154 valence electrons. The van der Waals surface area contributed by atoms with Crippen LogP contribution >= 0.6 is 0 Å². The Hall–Kier alpha value is -2.47. The first kappa shape index (κ1) is 18.3. The Bertz CT molecular complexity index is 1160. The minimum atomic E-state index is -0.960. The zero-order valence-corrected chi connectivity index (χ0v) is 16.9. The van der Waals surface area contributed by atoms with Gasteiger partial charge in [0.25, 0.3) is 0 Å². The van der Waals surface area contributed by atoms with E-state index in [1.165, 1.54) is 5.56 Å². The molecule has 1 aliphatic heterocycles. The van der Waals surface area contributed by atoms with Crippen molar-refractivity contribution in [2.45, 2.75) is 42.7 Å². The van der Waals surface area contributed by atoms with Crippen LogP contribution in [0.2, 0.25) is 0 Å². The van der Waals surface area contributed by atoms with E-state index in [1.54, 1.807) is 6.07 Å². The number of β-amino-alcohol motifs (C(OH)–C–C–N with tert-alkyl or cyclic N) is 1. The number of nitrogens with zero attached hydrogens (tertiary/aromatic N) is 2. The molecule has 5 nitrogen and oxygen atoms in total. The Morgan fingerprint density at radius 3 is 2.80 bits per heavy atom. The molecule has 30 heavy (non-hydrogen) atoms. The zero-order valence-electron chi connectivity index (χ0n) is 16.9. The highest BCUT2D eigenvalue weighted by atomic mass is 16.3. The number of piperidine rings is 1. The molecule has 3 atom stereocenters. The van der Waals surface area contributed by atoms with Crippen molar-refractivity contribution in [1.29, 1.82) is 0 Å². The van der Waals surface area contributed by atoms with Gasteiger partial charge in [-0.3, -0.25) is 9.88 Å². The lowest BCUT2D eigenvalue weighted by Crippen LogP contribution is -2.74. The van der Waals surface area contributed by atoms with Gasteiger partial charge >= 0.3 is 0 Å². The highest BCUT2D eigenvalue weighted by molar-refractivity contribution is 5.79. The maximum atomic E-state index is 12.4. The number of hydrogen-bond donors (Lipinski definition) is 3. The quantitative estimate of drug-likeness (QED) is 0.613. The second kappa shape index (κ2) is 6.27. The summed E-state index contributed by atoms with van der Waals surface area (Å²) in [5, 5.41) is 33.4. The molecule has 3 aliphatic rings. The number of phenols is 1. The number of aliphatic hydroxyl groups excluding tert-OH is 1. The van der Waals surface area contributed by atoms with Crippen molar-refractivity contribution in [2.75, 3.05) is 19.7 Å². The summed E-state index contributed by atoms with van der Waals surface area (Å²) in [5.74, 6) is 0.249. The lowest BCUT2D eigenvalue weighted by Gasteiger charge is -2.63. The molecule has 1 saturated heterocycles. The van der Waals surface area contributed by atoms with Gasteiger partial charge in [-0.2, -0.15) is 0 Å². The van der Waals surface area contributed by atoms with E-state index in [2.05, 4.69) is 17.0 Å². The summed E-state index contributed by atoms with van der Waals surface area (Å²) in [4.78, 5) is 7.26. The Balaban J connectivity index is 1.59. The average Bonchev–Trinajstić information content (AvgIpc) is 2.73. The van der Waals surface area contributed by atoms with E-state index in [1.807, 2.05) is 30.3 Å². The second-order valence-corrected chi connectivity index (χ2v) is 9.22. The van der Waals surface area contributed by atoms with E-state index in [4.69, 9.17) is 4.98 Å². The van der Waals surface area contributed by atoms with Crippen LogP contribution in [-0.2, 0) is 24.7 Å². The van der Waals surface area contributed by atoms with Crippen LogP contribution in [0.1, 0.15) is 28.8 Å². The van der Waals surface area contributed by atoms with E-state index < -0.39 is 11.0 Å². The number of pyridine rings is 1. The van der Waals surface area contributed by atoms with Crippen molar-refractivity contribution in [2.24, 2.45) is 0 Å². The maximum Gasteiger partial charge on any atom is 0.115 e. The first-order valence-corrected chi connectivity index (χ1v) is 10.8. The van der Waals surface area contributed by atoms with E-state index in [-0.39, 0.29) is 18.4 Å². The molecule has 6 rings (SSSR count). The average molecular weight is 402 g/mol. The van der Waals surface area contributed by atoms with Gasteiger partial charge < -0.3 is 15.3 Å². The summed E-state index contributed by atoms with van der Waals surface area (Å²) in [6.45, 7) is 1.48. The predicted octanol–water partition coefficient (Wildman–Crippen LogP) is 2.33. The van der Waals surface area contributed by atoms with Gasteiger partial charge in [0.1, 0.15) is 5.75 Å². The smallest absolute Gasteiger partial charge is 0.115 e. The van der Waals surface area contributed by atoms with E-state index >= 15 is 0 Å². The molecule has 0 saturated carbocycles. The molecule has 0 spiro atoms. The number of phenolic OH excluding ortho intramolecular Hbond substituents is 1. The van der Waals surface area contributed by atoms with Crippen LogP contribution in [0.4, 0.5) is 0 Å². The highest BCUT2D eigenvalue weighted by Crippen LogP contribution is 2.57. The number of benzene rings is 2. The molecular weight excluding hydrogens is 376 g/mol. The summed E-state index contributed by atoms with van der Waals surface area (Å²) < 4.78 is 0. The molecule has 3 aromatic rings. The van der Waals surface area contributed by atoms with Gasteiger partial charge in [-0.15, -0.1) is 0 Å². The molecule has 1 fully saturated rings. The highest BCUT2D eigenvalue weighted by Gasteiger charge is 2.64. The molecule has 0 unspecified atom stereocenters. The summed E-state index contributed by atoms with van der Waals surface area (Å²) >= 11 is 0. The first-order chi connectivity index (χ1) is 14.5. The molecule has 5 heteroatoms. The number of rotatable bonds is 2. The fraction of sp³-hybridized carbons (Fsp3) is 0.400. The van der Waals surface area contributed by atoms with Gasteiger partial charge in [0.05, 0.1) is 17.7 Å². The summed E-state index contributed by atoms with van der Waals surface area (Å²) in [6, 6.07) is 15.9. The van der Waals surface area contributed by atoms with E-state index in [0.29, 0.717) is 19.4 Å². The van der Waals surface area contributed by atoms with E-state index in [9.17, 15) is 15.3 Å². The van der Waals surface area contributed by atoms with Gasteiger partial charge in [0.2, 0.25) is 0 Å². The Kier molecular flexibility index (Phi) is 3.82. The number of aromatic nitrogens is 1. The molecule has 0 radical (unpaired) electrons. The fourth-order valence-electron chi connectivity index (χ4n) is 6.49. The molecule has 0 amide bonds. The van der Waals surface area contributed by atoms with Crippen molar-refractivity contribution in [3.63, 3.8) is 0 Å². The molecule has 3 N–H and O–H groups in total. The number of aliphatic hydroxyl groups is 2. The normalized spacial score (nSPS) is 29.9. The van der Waals surface area contributed by atoms with Crippen LogP contribution in [0.5, 0.6) is 5.75 Å². The van der Waals surface area contributed by atoms with Crippen LogP contribution in [0.15, 0.2) is 48.5 Å². The molecule has 2 heterocycles. The predicted molar refractivity (Wildman–Crippen MR) is 115 cm³/mol. The van der Waals surface area contributed by atoms with Crippen molar-refractivity contribution in [3.8, 4) is 5.75 Å². The molecule has 2 bridgehead atoms. The Morgan fingerprint density at radius 2 is 1.93 bits per heavy atom. The van der Waals surface area contributed by atoms with Crippen molar-refractivity contribution in [3.05, 3.63) is 70.9 Å². The van der Waals surface area contributed by atoms with Crippen molar-refractivity contribution < 1.29 is 15.3 Å². The SMILES string of the molecule is OCCN1CC[C@]23Cc4nc5ccccc5cc4C[C@@]2(O)[C@H]1Cc1ccc(O)cc13. The standard InChI is InChI=1S/C25H26N2O3/c28-10-9-27-8-7-24-15-22-18(11-17-3-1-2-4-21(17)26-22)14-25(24,30)23(27)12-16-5-6-19(29)13-20(16)24/h1-6,11,13,23,28-30H,7-10,12,14-15H2/t23-,24-,25-/m1/s1. The first-order valence-electron chi connectivity index (χ1n) is 10.8. The molecule has 1 aromatic heterocycles. The minimum absolute atomic E-state index is 0.0601. The van der Waals surface area contributed by atoms with Crippen LogP contribution in [0.25, 0.3) is 10.9 Å². The van der Waals surface area contributed by atoms with Crippen molar-refractivity contribution in [1.82, 2.24) is 9.88 Å². The number of aromatic hydroxyl groups is 1. The monoisotopic (exact) mass is 402 g/mol. The van der Waals surface area contributed by atoms with E-state index in [0.717, 1.165) is 47.1 Å². The third-order valence-electron chi connectivity index (χ3n) is 7.88. The van der Waals surface area contributed by atoms with Crippen molar-refractivity contribution >= 4 is 10.9 Å². The third kappa shape index (κ3) is 2.31. The number of likely N-dealkylation sites (tertiary alicyclic amines) is 1. The summed E-state index contributed by atoms with van der Waals surface area (Å²) in [7, 11) is 0. The number of para-hydroxylation sites is 1. The van der Waals surface area contributed by atoms with Gasteiger partial charge in [0, 0.05) is 41.9 Å². The fourth-order valence-corrected chi connectivity index (χ4v) is 6.49. The lowest BCUT2D eigenvalue weighted by atomic mass is 9.49. The van der Waals surface area contributed by atoms with Gasteiger partial charge in [-0.1, -0.05) is 24.3 Å². The molecule has 2 aromatic carbocycles. The van der Waals surface area contributed by atoms with Crippen LogP contribution in [-0.4, -0.2) is 56.5 Å². The third-order valence-corrected chi connectivity index (χ3v) is 7.88. The molecular formula is C25H26N2O3. The Labute approximate surface area is 175 Å². The van der Waals surface area contributed by atoms with Gasteiger partial charge in [0.15, 0.2) is 0 Å². The van der Waals surface area contributed by atoms with Crippen LogP contribution in [0.3, 0.4) is 0 Å². The van der Waals surface area contributed by atoms with Crippen LogP contribution in [0, 0.1) is 0 Å².